The molecule has 1 atom stereocenters. The minimum atomic E-state index is 0.0217. The number of fused-ring (bicyclic) bond motifs is 1. The fourth-order valence-electron chi connectivity index (χ4n) is 1.47. The molecule has 86 valence electrons. The first kappa shape index (κ1) is 11.9. The SMILES string of the molecule is CC(c1nc2ccccc2s1)C(C)(C)SN. The van der Waals surface area contributed by atoms with Gasteiger partial charge in [-0.05, 0) is 26.0 Å². The fraction of sp³-hybridized carbons (Fsp3) is 0.417. The van der Waals surface area contributed by atoms with Crippen LogP contribution in [0.25, 0.3) is 10.2 Å². The van der Waals surface area contributed by atoms with Crippen LogP contribution in [0.4, 0.5) is 0 Å². The van der Waals surface area contributed by atoms with Crippen LogP contribution in [0, 0.1) is 0 Å². The molecule has 0 saturated carbocycles. The first-order valence-electron chi connectivity index (χ1n) is 5.28. The molecule has 0 spiro atoms. The summed E-state index contributed by atoms with van der Waals surface area (Å²) in [5, 5.41) is 6.90. The van der Waals surface area contributed by atoms with Crippen LogP contribution in [0.3, 0.4) is 0 Å². The van der Waals surface area contributed by atoms with E-state index in [9.17, 15) is 0 Å². The molecule has 2 aromatic rings. The minimum Gasteiger partial charge on any atom is -0.277 e. The van der Waals surface area contributed by atoms with E-state index in [1.807, 2.05) is 6.07 Å². The van der Waals surface area contributed by atoms with Crippen molar-refractivity contribution < 1.29 is 0 Å². The first-order valence-corrected chi connectivity index (χ1v) is 6.97. The van der Waals surface area contributed by atoms with Crippen LogP contribution in [-0.2, 0) is 0 Å². The van der Waals surface area contributed by atoms with Crippen molar-refractivity contribution in [2.45, 2.75) is 31.4 Å². The molecule has 0 bridgehead atoms. The Morgan fingerprint density at radius 1 is 1.38 bits per heavy atom. The third-order valence-corrected chi connectivity index (χ3v) is 5.21. The Balaban J connectivity index is 2.40. The molecule has 0 radical (unpaired) electrons. The Labute approximate surface area is 104 Å². The zero-order valence-electron chi connectivity index (χ0n) is 9.73. The summed E-state index contributed by atoms with van der Waals surface area (Å²) >= 11 is 3.17. The van der Waals surface area contributed by atoms with Gasteiger partial charge in [-0.25, -0.2) is 4.98 Å². The summed E-state index contributed by atoms with van der Waals surface area (Å²) in [4.78, 5) is 4.68. The molecule has 1 unspecified atom stereocenters. The molecule has 4 heteroatoms. The maximum atomic E-state index is 5.73. The second-order valence-electron chi connectivity index (χ2n) is 4.46. The van der Waals surface area contributed by atoms with E-state index in [-0.39, 0.29) is 4.75 Å². The average molecular weight is 252 g/mol. The molecule has 0 fully saturated rings. The van der Waals surface area contributed by atoms with Crippen molar-refractivity contribution in [3.8, 4) is 0 Å². The summed E-state index contributed by atoms with van der Waals surface area (Å²) in [5.41, 5.74) is 1.09. The van der Waals surface area contributed by atoms with E-state index in [1.54, 1.807) is 11.3 Å². The average Bonchev–Trinajstić information content (AvgIpc) is 2.71. The third-order valence-electron chi connectivity index (χ3n) is 3.03. The van der Waals surface area contributed by atoms with Crippen LogP contribution in [0.5, 0.6) is 0 Å². The molecule has 0 amide bonds. The molecule has 16 heavy (non-hydrogen) atoms. The van der Waals surface area contributed by atoms with Gasteiger partial charge in [0.05, 0.1) is 15.2 Å². The van der Waals surface area contributed by atoms with E-state index in [1.165, 1.54) is 21.7 Å². The number of thiazole rings is 1. The molecule has 2 N–H and O–H groups in total. The van der Waals surface area contributed by atoms with Crippen molar-refractivity contribution in [3.05, 3.63) is 29.3 Å². The Kier molecular flexibility index (Phi) is 3.24. The highest BCUT2D eigenvalue weighted by Gasteiger charge is 2.29. The lowest BCUT2D eigenvalue weighted by atomic mass is 9.98. The van der Waals surface area contributed by atoms with Gasteiger partial charge in [0, 0.05) is 10.7 Å². The number of nitrogens with zero attached hydrogens (tertiary/aromatic N) is 1. The molecule has 1 heterocycles. The van der Waals surface area contributed by atoms with E-state index >= 15 is 0 Å². The van der Waals surface area contributed by atoms with Crippen molar-refractivity contribution in [1.82, 2.24) is 4.98 Å². The lowest BCUT2D eigenvalue weighted by Crippen LogP contribution is -2.25. The molecule has 2 rings (SSSR count). The van der Waals surface area contributed by atoms with Crippen LogP contribution in [0.2, 0.25) is 0 Å². The largest absolute Gasteiger partial charge is 0.277 e. The second kappa shape index (κ2) is 4.35. The lowest BCUT2D eigenvalue weighted by molar-refractivity contribution is 0.584. The minimum absolute atomic E-state index is 0.0217. The monoisotopic (exact) mass is 252 g/mol. The normalized spacial score (nSPS) is 14.2. The second-order valence-corrected chi connectivity index (χ2v) is 6.81. The van der Waals surface area contributed by atoms with Crippen LogP contribution < -0.4 is 5.14 Å². The van der Waals surface area contributed by atoms with E-state index in [4.69, 9.17) is 5.14 Å². The highest BCUT2D eigenvalue weighted by Crippen LogP contribution is 2.38. The van der Waals surface area contributed by atoms with Crippen molar-refractivity contribution in [2.75, 3.05) is 0 Å². The van der Waals surface area contributed by atoms with Crippen molar-refractivity contribution in [2.24, 2.45) is 5.14 Å². The van der Waals surface area contributed by atoms with Gasteiger partial charge in [-0.3, -0.25) is 5.14 Å². The summed E-state index contributed by atoms with van der Waals surface area (Å²) in [6.07, 6.45) is 0. The van der Waals surface area contributed by atoms with E-state index < -0.39 is 0 Å². The van der Waals surface area contributed by atoms with Crippen molar-refractivity contribution in [1.29, 1.82) is 0 Å². The molecular weight excluding hydrogens is 236 g/mol. The summed E-state index contributed by atoms with van der Waals surface area (Å²) in [6, 6.07) is 8.26. The van der Waals surface area contributed by atoms with Crippen molar-refractivity contribution >= 4 is 33.5 Å². The van der Waals surface area contributed by atoms with Gasteiger partial charge in [0.2, 0.25) is 0 Å². The Hall–Kier alpha value is -0.580. The maximum Gasteiger partial charge on any atom is 0.0980 e. The van der Waals surface area contributed by atoms with Crippen LogP contribution in [-0.4, -0.2) is 9.73 Å². The highest BCUT2D eigenvalue weighted by molar-refractivity contribution is 7.98. The summed E-state index contributed by atoms with van der Waals surface area (Å²) in [5.74, 6) is 0.361. The Bertz CT molecular complexity index is 457. The van der Waals surface area contributed by atoms with Gasteiger partial charge < -0.3 is 0 Å². The van der Waals surface area contributed by atoms with Crippen LogP contribution in [0.15, 0.2) is 24.3 Å². The van der Waals surface area contributed by atoms with Gasteiger partial charge in [-0.15, -0.1) is 11.3 Å². The number of rotatable bonds is 3. The summed E-state index contributed by atoms with van der Waals surface area (Å²) in [7, 11) is 0. The first-order chi connectivity index (χ1) is 7.54. The van der Waals surface area contributed by atoms with Gasteiger partial charge in [-0.2, -0.15) is 0 Å². The van der Waals surface area contributed by atoms with E-state index in [0.717, 1.165) is 5.52 Å². The molecule has 0 aliphatic heterocycles. The molecule has 0 aliphatic rings. The quantitative estimate of drug-likeness (QED) is 0.845. The zero-order valence-corrected chi connectivity index (χ0v) is 11.4. The van der Waals surface area contributed by atoms with Crippen molar-refractivity contribution in [3.63, 3.8) is 0 Å². The number of para-hydroxylation sites is 1. The standard InChI is InChI=1S/C12H16N2S2/c1-8(12(2,3)16-13)11-14-9-6-4-5-7-10(9)15-11/h4-8H,13H2,1-3H3. The molecule has 0 saturated heterocycles. The number of nitrogens with two attached hydrogens (primary N) is 1. The predicted octanol–water partition coefficient (Wildman–Crippen LogP) is 3.79. The number of benzene rings is 1. The molecule has 1 aromatic carbocycles. The number of hydrogen-bond donors (Lipinski definition) is 1. The van der Waals surface area contributed by atoms with Crippen LogP contribution >= 0.6 is 23.3 Å². The fourth-order valence-corrected chi connectivity index (χ4v) is 3.07. The summed E-state index contributed by atoms with van der Waals surface area (Å²) in [6.45, 7) is 6.51. The van der Waals surface area contributed by atoms with E-state index in [0.29, 0.717) is 5.92 Å². The Morgan fingerprint density at radius 2 is 2.06 bits per heavy atom. The third kappa shape index (κ3) is 2.10. The van der Waals surface area contributed by atoms with Gasteiger partial charge in [-0.1, -0.05) is 31.0 Å². The smallest absolute Gasteiger partial charge is 0.0980 e. The van der Waals surface area contributed by atoms with Gasteiger partial charge in [0.15, 0.2) is 0 Å². The maximum absolute atomic E-state index is 5.73. The number of hydrogen-bond acceptors (Lipinski definition) is 4. The molecular formula is C12H16N2S2. The molecule has 0 aliphatic carbocycles. The predicted molar refractivity (Wildman–Crippen MR) is 73.9 cm³/mol. The molecule has 2 nitrogen and oxygen atoms in total. The number of aromatic nitrogens is 1. The molecule has 1 aromatic heterocycles. The van der Waals surface area contributed by atoms with Gasteiger partial charge in [0.25, 0.3) is 0 Å². The van der Waals surface area contributed by atoms with Gasteiger partial charge in [0.1, 0.15) is 0 Å². The zero-order chi connectivity index (χ0) is 11.8. The van der Waals surface area contributed by atoms with E-state index in [2.05, 4.69) is 44.0 Å². The topological polar surface area (TPSA) is 38.9 Å². The highest BCUT2D eigenvalue weighted by atomic mass is 32.2. The summed E-state index contributed by atoms with van der Waals surface area (Å²) < 4.78 is 1.27. The van der Waals surface area contributed by atoms with Gasteiger partial charge >= 0.3 is 0 Å². The lowest BCUT2D eigenvalue weighted by Gasteiger charge is -2.27. The van der Waals surface area contributed by atoms with Crippen LogP contribution in [0.1, 0.15) is 31.7 Å². The Morgan fingerprint density at radius 3 is 2.69 bits per heavy atom.